The fraction of sp³-hybridized carbons (Fsp3) is 0.667. The summed E-state index contributed by atoms with van der Waals surface area (Å²) >= 11 is 0. The zero-order valence-electron chi connectivity index (χ0n) is 12.8. The average Bonchev–Trinajstić information content (AvgIpc) is 2.59. The Labute approximate surface area is 126 Å². The normalized spacial score (nSPS) is 32.2. The number of rotatable bonds is 2. The molecular formula is C15H23N3O2S. The van der Waals surface area contributed by atoms with Crippen LogP contribution in [-0.2, 0) is 10.0 Å². The van der Waals surface area contributed by atoms with Gasteiger partial charge in [-0.05, 0) is 42.2 Å². The van der Waals surface area contributed by atoms with Crippen molar-refractivity contribution in [1.82, 2.24) is 9.29 Å². The number of nitrogens with two attached hydrogens (primary N) is 1. The molecule has 2 unspecified atom stereocenters. The third-order valence-corrected chi connectivity index (χ3v) is 6.70. The molecule has 1 aromatic rings. The molecule has 2 atom stereocenters. The molecule has 0 amide bonds. The first-order valence-electron chi connectivity index (χ1n) is 7.35. The van der Waals surface area contributed by atoms with Crippen molar-refractivity contribution in [2.24, 2.45) is 10.8 Å². The molecule has 5 nitrogen and oxygen atoms in total. The van der Waals surface area contributed by atoms with E-state index in [9.17, 15) is 8.42 Å². The maximum absolute atomic E-state index is 13.0. The van der Waals surface area contributed by atoms with Crippen LogP contribution in [-0.4, -0.2) is 30.3 Å². The summed E-state index contributed by atoms with van der Waals surface area (Å²) in [5, 5.41) is 0. The van der Waals surface area contributed by atoms with E-state index in [1.54, 1.807) is 16.4 Å². The predicted molar refractivity (Wildman–Crippen MR) is 82.1 cm³/mol. The van der Waals surface area contributed by atoms with Gasteiger partial charge in [-0.15, -0.1) is 0 Å². The lowest BCUT2D eigenvalue weighted by Gasteiger charge is -2.39. The first-order chi connectivity index (χ1) is 9.63. The number of hydrogen-bond acceptors (Lipinski definition) is 4. The van der Waals surface area contributed by atoms with E-state index < -0.39 is 10.0 Å². The Kier molecular flexibility index (Phi) is 3.12. The Hall–Kier alpha value is -1.14. The average molecular weight is 309 g/mol. The minimum atomic E-state index is -3.57. The summed E-state index contributed by atoms with van der Waals surface area (Å²) < 4.78 is 27.6. The summed E-state index contributed by atoms with van der Waals surface area (Å²) in [7, 11) is -3.57. The van der Waals surface area contributed by atoms with Crippen LogP contribution >= 0.6 is 0 Å². The fourth-order valence-corrected chi connectivity index (χ4v) is 6.28. The number of sulfonamides is 1. The van der Waals surface area contributed by atoms with E-state index in [4.69, 9.17) is 5.73 Å². The molecule has 2 heterocycles. The van der Waals surface area contributed by atoms with Crippen LogP contribution in [0.2, 0.25) is 0 Å². The van der Waals surface area contributed by atoms with Gasteiger partial charge >= 0.3 is 0 Å². The Morgan fingerprint density at radius 2 is 2.05 bits per heavy atom. The molecule has 1 aliphatic heterocycles. The Bertz CT molecular complexity index is 671. The number of pyridine rings is 1. The van der Waals surface area contributed by atoms with Crippen LogP contribution in [0.4, 0.5) is 5.82 Å². The van der Waals surface area contributed by atoms with Gasteiger partial charge in [-0.3, -0.25) is 0 Å². The van der Waals surface area contributed by atoms with E-state index >= 15 is 0 Å². The quantitative estimate of drug-likeness (QED) is 0.909. The third-order valence-electron chi connectivity index (χ3n) is 4.75. The second-order valence-electron chi connectivity index (χ2n) is 7.65. The minimum Gasteiger partial charge on any atom is -0.383 e. The number of hydrogen-bond donors (Lipinski definition) is 1. The smallest absolute Gasteiger partial charge is 0.247 e. The second kappa shape index (κ2) is 4.43. The number of nitrogen functional groups attached to an aromatic ring is 1. The minimum absolute atomic E-state index is 0.0659. The van der Waals surface area contributed by atoms with Crippen molar-refractivity contribution in [3.05, 3.63) is 18.3 Å². The maximum Gasteiger partial charge on any atom is 0.247 e. The molecule has 116 valence electrons. The monoisotopic (exact) mass is 309 g/mol. The van der Waals surface area contributed by atoms with Gasteiger partial charge in [-0.2, -0.15) is 4.31 Å². The van der Waals surface area contributed by atoms with Gasteiger partial charge in [0, 0.05) is 18.8 Å². The zero-order chi connectivity index (χ0) is 15.5. The molecule has 1 aromatic heterocycles. The van der Waals surface area contributed by atoms with Crippen molar-refractivity contribution in [3.8, 4) is 0 Å². The molecule has 0 radical (unpaired) electrons. The van der Waals surface area contributed by atoms with E-state index in [1.807, 2.05) is 0 Å². The van der Waals surface area contributed by atoms with Gasteiger partial charge in [0.1, 0.15) is 10.7 Å². The van der Waals surface area contributed by atoms with Gasteiger partial charge in [0.15, 0.2) is 0 Å². The molecule has 2 bridgehead atoms. The van der Waals surface area contributed by atoms with Crippen molar-refractivity contribution in [1.29, 1.82) is 0 Å². The Balaban J connectivity index is 2.00. The van der Waals surface area contributed by atoms with E-state index in [1.165, 1.54) is 6.20 Å². The van der Waals surface area contributed by atoms with Crippen molar-refractivity contribution < 1.29 is 8.42 Å². The molecule has 6 heteroatoms. The highest BCUT2D eigenvalue weighted by Gasteiger charge is 2.53. The third kappa shape index (κ3) is 2.44. The van der Waals surface area contributed by atoms with Crippen LogP contribution in [0.1, 0.15) is 40.0 Å². The van der Waals surface area contributed by atoms with Crippen molar-refractivity contribution >= 4 is 15.8 Å². The summed E-state index contributed by atoms with van der Waals surface area (Å²) in [6, 6.07) is 3.24. The second-order valence-corrected chi connectivity index (χ2v) is 9.51. The summed E-state index contributed by atoms with van der Waals surface area (Å²) in [5.41, 5.74) is 6.03. The fourth-order valence-electron chi connectivity index (χ4n) is 4.44. The van der Waals surface area contributed by atoms with Crippen LogP contribution in [0.3, 0.4) is 0 Å². The molecule has 3 rings (SSSR count). The molecule has 2 N–H and O–H groups in total. The Morgan fingerprint density at radius 3 is 2.71 bits per heavy atom. The topological polar surface area (TPSA) is 76.3 Å². The van der Waals surface area contributed by atoms with Crippen LogP contribution in [0.25, 0.3) is 0 Å². The van der Waals surface area contributed by atoms with E-state index in [0.717, 1.165) is 19.3 Å². The van der Waals surface area contributed by atoms with Crippen molar-refractivity contribution in [3.63, 3.8) is 0 Å². The summed E-state index contributed by atoms with van der Waals surface area (Å²) in [6.07, 6.45) is 4.42. The highest BCUT2D eigenvalue weighted by Crippen LogP contribution is 2.53. The van der Waals surface area contributed by atoms with Gasteiger partial charge < -0.3 is 5.73 Å². The molecule has 1 aliphatic carbocycles. The Morgan fingerprint density at radius 1 is 1.33 bits per heavy atom. The number of anilines is 1. The lowest BCUT2D eigenvalue weighted by molar-refractivity contribution is 0.133. The highest BCUT2D eigenvalue weighted by atomic mass is 32.2. The van der Waals surface area contributed by atoms with Crippen LogP contribution in [0.5, 0.6) is 0 Å². The highest BCUT2D eigenvalue weighted by molar-refractivity contribution is 7.89. The lowest BCUT2D eigenvalue weighted by Crippen LogP contribution is -2.38. The van der Waals surface area contributed by atoms with Gasteiger partial charge in [-0.25, -0.2) is 13.4 Å². The standard InChI is InChI=1S/C15H23N3O2S/c1-14(2)7-11-8-15(3,9-14)10-18(11)21(19,20)12-5-4-6-17-13(12)16/h4-6,11H,7-10H2,1-3H3,(H2,16,17). The maximum atomic E-state index is 13.0. The summed E-state index contributed by atoms with van der Waals surface area (Å²) in [5.74, 6) is 0.0864. The van der Waals surface area contributed by atoms with Crippen molar-refractivity contribution in [2.45, 2.75) is 51.0 Å². The van der Waals surface area contributed by atoms with Crippen LogP contribution < -0.4 is 5.73 Å². The molecule has 2 aliphatic rings. The van der Waals surface area contributed by atoms with Gasteiger partial charge in [0.2, 0.25) is 10.0 Å². The first-order valence-corrected chi connectivity index (χ1v) is 8.79. The molecule has 1 saturated heterocycles. The lowest BCUT2D eigenvalue weighted by atomic mass is 9.65. The largest absolute Gasteiger partial charge is 0.383 e. The molecule has 1 saturated carbocycles. The van der Waals surface area contributed by atoms with E-state index in [0.29, 0.717) is 6.54 Å². The predicted octanol–water partition coefficient (Wildman–Crippen LogP) is 2.25. The van der Waals surface area contributed by atoms with Gasteiger partial charge in [0.05, 0.1) is 0 Å². The molecule has 0 spiro atoms. The zero-order valence-corrected chi connectivity index (χ0v) is 13.7. The summed E-state index contributed by atoms with van der Waals surface area (Å²) in [4.78, 5) is 4.06. The first kappa shape index (κ1) is 14.8. The molecule has 2 fully saturated rings. The van der Waals surface area contributed by atoms with Crippen molar-refractivity contribution in [2.75, 3.05) is 12.3 Å². The van der Waals surface area contributed by atoms with Gasteiger partial charge in [-0.1, -0.05) is 20.8 Å². The number of nitrogens with zero attached hydrogens (tertiary/aromatic N) is 2. The van der Waals surface area contributed by atoms with Crippen LogP contribution in [0, 0.1) is 10.8 Å². The van der Waals surface area contributed by atoms with E-state index in [-0.39, 0.29) is 27.6 Å². The van der Waals surface area contributed by atoms with Crippen LogP contribution in [0.15, 0.2) is 23.2 Å². The molecule has 21 heavy (non-hydrogen) atoms. The van der Waals surface area contributed by atoms with E-state index in [2.05, 4.69) is 25.8 Å². The molecule has 0 aromatic carbocycles. The number of fused-ring (bicyclic) bond motifs is 2. The number of aromatic nitrogens is 1. The van der Waals surface area contributed by atoms with Gasteiger partial charge in [0.25, 0.3) is 0 Å². The SMILES string of the molecule is CC1(C)CC2CC(C)(CN2S(=O)(=O)c2cccnc2N)C1. The summed E-state index contributed by atoms with van der Waals surface area (Å²) in [6.45, 7) is 7.23. The molecular weight excluding hydrogens is 286 g/mol.